The van der Waals surface area contributed by atoms with Crippen LogP contribution in [-0.4, -0.2) is 24.3 Å². The average molecular weight is 208 g/mol. The Morgan fingerprint density at radius 3 is 3.07 bits per heavy atom. The summed E-state index contributed by atoms with van der Waals surface area (Å²) in [6, 6.07) is 5.57. The molecule has 1 aromatic rings. The normalized spacial score (nSPS) is 18.9. The molecular formula is C11H12O4. The van der Waals surface area contributed by atoms with Crippen molar-refractivity contribution in [3.05, 3.63) is 23.8 Å². The van der Waals surface area contributed by atoms with Gasteiger partial charge < -0.3 is 14.6 Å². The number of para-hydroxylation sites is 1. The van der Waals surface area contributed by atoms with Crippen LogP contribution in [0, 0.1) is 0 Å². The molecule has 15 heavy (non-hydrogen) atoms. The van der Waals surface area contributed by atoms with Gasteiger partial charge in [-0.05, 0) is 24.5 Å². The van der Waals surface area contributed by atoms with Gasteiger partial charge in [-0.15, -0.1) is 0 Å². The van der Waals surface area contributed by atoms with E-state index < -0.39 is 12.1 Å². The SMILES string of the molecule is COc1cccc2c1O[C@@H](C(=O)O)CC2. The molecular weight excluding hydrogens is 196 g/mol. The molecule has 1 N–H and O–H groups in total. The molecule has 0 saturated heterocycles. The first-order chi connectivity index (χ1) is 7.22. The van der Waals surface area contributed by atoms with Crippen LogP contribution < -0.4 is 9.47 Å². The highest BCUT2D eigenvalue weighted by atomic mass is 16.5. The van der Waals surface area contributed by atoms with Crippen molar-refractivity contribution in [3.63, 3.8) is 0 Å². The van der Waals surface area contributed by atoms with E-state index >= 15 is 0 Å². The Kier molecular flexibility index (Phi) is 2.49. The predicted octanol–water partition coefficient (Wildman–Crippen LogP) is 1.47. The number of aryl methyl sites for hydroxylation is 1. The molecule has 80 valence electrons. The number of rotatable bonds is 2. The maximum atomic E-state index is 10.8. The lowest BCUT2D eigenvalue weighted by Crippen LogP contribution is -2.31. The van der Waals surface area contributed by atoms with Crippen LogP contribution in [0.4, 0.5) is 0 Å². The lowest BCUT2D eigenvalue weighted by Gasteiger charge is -2.24. The Bertz CT molecular complexity index is 372. The van der Waals surface area contributed by atoms with E-state index in [0.717, 1.165) is 5.56 Å². The summed E-state index contributed by atoms with van der Waals surface area (Å²) >= 11 is 0. The second-order valence-corrected chi connectivity index (χ2v) is 3.43. The Morgan fingerprint density at radius 1 is 1.60 bits per heavy atom. The number of fused-ring (bicyclic) bond motifs is 1. The first-order valence-corrected chi connectivity index (χ1v) is 4.77. The quantitative estimate of drug-likeness (QED) is 0.799. The molecule has 2 rings (SSSR count). The summed E-state index contributed by atoms with van der Waals surface area (Å²) < 4.78 is 10.5. The Hall–Kier alpha value is -1.71. The first kappa shape index (κ1) is 9.83. The van der Waals surface area contributed by atoms with Gasteiger partial charge in [-0.25, -0.2) is 4.79 Å². The fourth-order valence-electron chi connectivity index (χ4n) is 1.71. The third-order valence-corrected chi connectivity index (χ3v) is 2.49. The van der Waals surface area contributed by atoms with Crippen molar-refractivity contribution < 1.29 is 19.4 Å². The number of hydrogen-bond donors (Lipinski definition) is 1. The van der Waals surface area contributed by atoms with Crippen LogP contribution in [0.1, 0.15) is 12.0 Å². The van der Waals surface area contributed by atoms with E-state index in [9.17, 15) is 4.79 Å². The Labute approximate surface area is 87.4 Å². The van der Waals surface area contributed by atoms with Crippen LogP contribution in [0.15, 0.2) is 18.2 Å². The van der Waals surface area contributed by atoms with Gasteiger partial charge in [-0.2, -0.15) is 0 Å². The van der Waals surface area contributed by atoms with Gasteiger partial charge in [0.15, 0.2) is 17.6 Å². The summed E-state index contributed by atoms with van der Waals surface area (Å²) in [6.07, 6.45) is 0.465. The summed E-state index contributed by atoms with van der Waals surface area (Å²) in [5.41, 5.74) is 1.01. The van der Waals surface area contributed by atoms with Crippen molar-refractivity contribution in [2.45, 2.75) is 18.9 Å². The van der Waals surface area contributed by atoms with Crippen LogP contribution in [0.25, 0.3) is 0 Å². The number of benzene rings is 1. The molecule has 1 atom stereocenters. The van der Waals surface area contributed by atoms with Crippen LogP contribution in [0.2, 0.25) is 0 Å². The third kappa shape index (κ3) is 1.75. The van der Waals surface area contributed by atoms with Crippen LogP contribution in [-0.2, 0) is 11.2 Å². The summed E-state index contributed by atoms with van der Waals surface area (Å²) in [5.74, 6) is 0.239. The maximum Gasteiger partial charge on any atom is 0.344 e. The molecule has 4 nitrogen and oxygen atoms in total. The zero-order chi connectivity index (χ0) is 10.8. The number of hydrogen-bond acceptors (Lipinski definition) is 3. The molecule has 1 heterocycles. The van der Waals surface area contributed by atoms with Crippen molar-refractivity contribution in [2.24, 2.45) is 0 Å². The largest absolute Gasteiger partial charge is 0.493 e. The summed E-state index contributed by atoms with van der Waals surface area (Å²) in [7, 11) is 1.54. The molecule has 0 saturated carbocycles. The zero-order valence-corrected chi connectivity index (χ0v) is 8.40. The number of carboxylic acid groups (broad SMARTS) is 1. The molecule has 0 amide bonds. The molecule has 1 aromatic carbocycles. The fraction of sp³-hybridized carbons (Fsp3) is 0.364. The van der Waals surface area contributed by atoms with E-state index in [0.29, 0.717) is 24.3 Å². The van der Waals surface area contributed by atoms with Crippen molar-refractivity contribution in [3.8, 4) is 11.5 Å². The van der Waals surface area contributed by atoms with E-state index in [4.69, 9.17) is 14.6 Å². The van der Waals surface area contributed by atoms with E-state index in [1.165, 1.54) is 0 Å². The summed E-state index contributed by atoms with van der Waals surface area (Å²) in [5, 5.41) is 8.86. The summed E-state index contributed by atoms with van der Waals surface area (Å²) in [6.45, 7) is 0. The van der Waals surface area contributed by atoms with E-state index in [-0.39, 0.29) is 0 Å². The highest BCUT2D eigenvalue weighted by Gasteiger charge is 2.27. The standard InChI is InChI=1S/C11H12O4/c1-14-8-4-2-3-7-5-6-9(11(12)13)15-10(7)8/h2-4,9H,5-6H2,1H3,(H,12,13)/t9-/m1/s1. The number of methoxy groups -OCH3 is 1. The molecule has 0 aromatic heterocycles. The van der Waals surface area contributed by atoms with E-state index in [2.05, 4.69) is 0 Å². The highest BCUT2D eigenvalue weighted by molar-refractivity contribution is 5.73. The minimum atomic E-state index is -0.924. The van der Waals surface area contributed by atoms with Crippen LogP contribution in [0.3, 0.4) is 0 Å². The number of ether oxygens (including phenoxy) is 2. The molecule has 0 radical (unpaired) electrons. The molecule has 1 aliphatic heterocycles. The fourth-order valence-corrected chi connectivity index (χ4v) is 1.71. The maximum absolute atomic E-state index is 10.8. The van der Waals surface area contributed by atoms with Crippen LogP contribution in [0.5, 0.6) is 11.5 Å². The molecule has 4 heteroatoms. The third-order valence-electron chi connectivity index (χ3n) is 2.49. The van der Waals surface area contributed by atoms with Crippen molar-refractivity contribution in [1.29, 1.82) is 0 Å². The van der Waals surface area contributed by atoms with Gasteiger partial charge in [0.2, 0.25) is 0 Å². The van der Waals surface area contributed by atoms with Gasteiger partial charge in [0.1, 0.15) is 0 Å². The van der Waals surface area contributed by atoms with E-state index in [1.807, 2.05) is 12.1 Å². The molecule has 1 aliphatic rings. The molecule has 0 unspecified atom stereocenters. The molecule has 0 spiro atoms. The zero-order valence-electron chi connectivity index (χ0n) is 8.40. The number of carbonyl (C=O) groups is 1. The topological polar surface area (TPSA) is 55.8 Å². The van der Waals surface area contributed by atoms with Crippen molar-refractivity contribution >= 4 is 5.97 Å². The number of carboxylic acids is 1. The van der Waals surface area contributed by atoms with Crippen molar-refractivity contribution in [2.75, 3.05) is 7.11 Å². The molecule has 0 bridgehead atoms. The average Bonchev–Trinajstić information content (AvgIpc) is 2.27. The predicted molar refractivity (Wildman–Crippen MR) is 53.4 cm³/mol. The van der Waals surface area contributed by atoms with Gasteiger partial charge in [-0.3, -0.25) is 0 Å². The minimum Gasteiger partial charge on any atom is -0.493 e. The van der Waals surface area contributed by atoms with Gasteiger partial charge in [0, 0.05) is 0 Å². The van der Waals surface area contributed by atoms with Gasteiger partial charge in [-0.1, -0.05) is 12.1 Å². The second kappa shape index (κ2) is 3.81. The second-order valence-electron chi connectivity index (χ2n) is 3.43. The smallest absolute Gasteiger partial charge is 0.344 e. The van der Waals surface area contributed by atoms with Crippen LogP contribution >= 0.6 is 0 Å². The number of aliphatic carboxylic acids is 1. The lowest BCUT2D eigenvalue weighted by molar-refractivity contribution is -0.145. The first-order valence-electron chi connectivity index (χ1n) is 4.77. The Morgan fingerprint density at radius 2 is 2.40 bits per heavy atom. The summed E-state index contributed by atoms with van der Waals surface area (Å²) in [4.78, 5) is 10.8. The van der Waals surface area contributed by atoms with Gasteiger partial charge in [0.25, 0.3) is 0 Å². The van der Waals surface area contributed by atoms with Gasteiger partial charge >= 0.3 is 5.97 Å². The highest BCUT2D eigenvalue weighted by Crippen LogP contribution is 2.36. The van der Waals surface area contributed by atoms with Crippen molar-refractivity contribution in [1.82, 2.24) is 0 Å². The van der Waals surface area contributed by atoms with E-state index in [1.54, 1.807) is 13.2 Å². The molecule has 0 aliphatic carbocycles. The Balaban J connectivity index is 2.34. The minimum absolute atomic E-state index is 0.509. The van der Waals surface area contributed by atoms with Gasteiger partial charge in [0.05, 0.1) is 7.11 Å². The molecule has 0 fully saturated rings. The lowest BCUT2D eigenvalue weighted by atomic mass is 10.0. The monoisotopic (exact) mass is 208 g/mol.